The molecule has 2 heterocycles. The van der Waals surface area contributed by atoms with Crippen molar-refractivity contribution in [3.05, 3.63) is 78.3 Å². The van der Waals surface area contributed by atoms with Gasteiger partial charge in [-0.3, -0.25) is 0 Å². The van der Waals surface area contributed by atoms with Crippen LogP contribution < -0.4 is 10.6 Å². The molecule has 3 aromatic rings. The number of urea groups is 1. The first-order chi connectivity index (χ1) is 11.3. The number of amides is 2. The summed E-state index contributed by atoms with van der Waals surface area (Å²) in [6.07, 6.45) is 7.05. The van der Waals surface area contributed by atoms with Crippen LogP contribution in [-0.4, -0.2) is 15.6 Å². The van der Waals surface area contributed by atoms with Crippen LogP contribution in [0.25, 0.3) is 0 Å². The third kappa shape index (κ3) is 4.47. The molecule has 0 unspecified atom stereocenters. The highest BCUT2D eigenvalue weighted by Crippen LogP contribution is 2.07. The molecule has 0 fully saturated rings. The first-order valence-corrected chi connectivity index (χ1v) is 7.37. The van der Waals surface area contributed by atoms with Crippen LogP contribution in [0.3, 0.4) is 0 Å². The number of carbonyl (C=O) groups is 1. The van der Waals surface area contributed by atoms with Crippen molar-refractivity contribution < 1.29 is 9.21 Å². The Bertz CT molecular complexity index is 736. The van der Waals surface area contributed by atoms with Crippen molar-refractivity contribution >= 4 is 6.03 Å². The van der Waals surface area contributed by atoms with Gasteiger partial charge < -0.3 is 19.6 Å². The van der Waals surface area contributed by atoms with E-state index >= 15 is 0 Å². The Morgan fingerprint density at radius 3 is 2.78 bits per heavy atom. The smallest absolute Gasteiger partial charge is 0.315 e. The third-order valence-corrected chi connectivity index (χ3v) is 3.37. The molecule has 118 valence electrons. The quantitative estimate of drug-likeness (QED) is 0.735. The summed E-state index contributed by atoms with van der Waals surface area (Å²) < 4.78 is 7.16. The molecule has 2 amide bonds. The fraction of sp³-hybridized carbons (Fsp3) is 0.176. The topological polar surface area (TPSA) is 72.1 Å². The van der Waals surface area contributed by atoms with Gasteiger partial charge in [-0.2, -0.15) is 0 Å². The van der Waals surface area contributed by atoms with E-state index in [2.05, 4.69) is 27.8 Å². The lowest BCUT2D eigenvalue weighted by atomic mass is 10.1. The van der Waals surface area contributed by atoms with Crippen molar-refractivity contribution in [2.45, 2.75) is 19.6 Å². The molecule has 2 N–H and O–H groups in total. The van der Waals surface area contributed by atoms with E-state index in [9.17, 15) is 4.79 Å². The van der Waals surface area contributed by atoms with E-state index in [0.717, 1.165) is 17.9 Å². The Balaban J connectivity index is 1.48. The van der Waals surface area contributed by atoms with Crippen molar-refractivity contribution in [3.63, 3.8) is 0 Å². The highest BCUT2D eigenvalue weighted by Gasteiger charge is 2.03. The minimum Gasteiger partial charge on any atom is -0.467 e. The Labute approximate surface area is 134 Å². The summed E-state index contributed by atoms with van der Waals surface area (Å²) in [4.78, 5) is 15.8. The zero-order chi connectivity index (χ0) is 15.9. The van der Waals surface area contributed by atoms with Gasteiger partial charge in [-0.15, -0.1) is 0 Å². The molecule has 6 heteroatoms. The second kappa shape index (κ2) is 7.31. The highest BCUT2D eigenvalue weighted by atomic mass is 16.3. The monoisotopic (exact) mass is 310 g/mol. The Morgan fingerprint density at radius 1 is 1.13 bits per heavy atom. The summed E-state index contributed by atoms with van der Waals surface area (Å²) >= 11 is 0. The standard InChI is InChI=1S/C17H18N4O2/c22-17(20-11-16-5-2-8-23-16)19-10-14-3-1-4-15(9-14)12-21-7-6-18-13-21/h1-9,13H,10-12H2,(H2,19,20,22). The lowest BCUT2D eigenvalue weighted by Gasteiger charge is -2.08. The summed E-state index contributed by atoms with van der Waals surface area (Å²) in [6.45, 7) is 1.61. The molecule has 0 aliphatic heterocycles. The van der Waals surface area contributed by atoms with E-state index in [1.54, 1.807) is 24.9 Å². The van der Waals surface area contributed by atoms with Crippen LogP contribution in [0.15, 0.2) is 65.8 Å². The van der Waals surface area contributed by atoms with E-state index in [0.29, 0.717) is 13.1 Å². The van der Waals surface area contributed by atoms with Crippen molar-refractivity contribution in [2.24, 2.45) is 0 Å². The zero-order valence-electron chi connectivity index (χ0n) is 12.6. The van der Waals surface area contributed by atoms with Gasteiger partial charge in [0, 0.05) is 25.5 Å². The van der Waals surface area contributed by atoms with Gasteiger partial charge in [0.15, 0.2) is 0 Å². The van der Waals surface area contributed by atoms with Gasteiger partial charge >= 0.3 is 6.03 Å². The summed E-state index contributed by atoms with van der Waals surface area (Å²) in [7, 11) is 0. The lowest BCUT2D eigenvalue weighted by Crippen LogP contribution is -2.34. The largest absolute Gasteiger partial charge is 0.467 e. The highest BCUT2D eigenvalue weighted by molar-refractivity contribution is 5.73. The predicted octanol–water partition coefficient (Wildman–Crippen LogP) is 2.52. The van der Waals surface area contributed by atoms with Crippen molar-refractivity contribution in [3.8, 4) is 0 Å². The van der Waals surface area contributed by atoms with Gasteiger partial charge in [0.1, 0.15) is 5.76 Å². The maximum Gasteiger partial charge on any atom is 0.315 e. The van der Waals surface area contributed by atoms with Gasteiger partial charge in [0.05, 0.1) is 19.1 Å². The first-order valence-electron chi connectivity index (χ1n) is 7.37. The van der Waals surface area contributed by atoms with E-state index in [-0.39, 0.29) is 6.03 Å². The van der Waals surface area contributed by atoms with E-state index in [1.165, 1.54) is 5.56 Å². The number of rotatable bonds is 6. The van der Waals surface area contributed by atoms with Crippen molar-refractivity contribution in [1.29, 1.82) is 0 Å². The molecular weight excluding hydrogens is 292 g/mol. The summed E-state index contributed by atoms with van der Waals surface area (Å²) in [5.41, 5.74) is 2.22. The lowest BCUT2D eigenvalue weighted by molar-refractivity contribution is 0.239. The molecule has 0 bridgehead atoms. The predicted molar refractivity (Wildman–Crippen MR) is 85.6 cm³/mol. The van der Waals surface area contributed by atoms with Gasteiger partial charge in [-0.25, -0.2) is 9.78 Å². The second-order valence-electron chi connectivity index (χ2n) is 5.17. The number of benzene rings is 1. The van der Waals surface area contributed by atoms with Crippen LogP contribution in [-0.2, 0) is 19.6 Å². The van der Waals surface area contributed by atoms with E-state index in [1.807, 2.05) is 29.0 Å². The molecule has 2 aromatic heterocycles. The molecule has 0 atom stereocenters. The Kier molecular flexibility index (Phi) is 4.73. The number of nitrogens with one attached hydrogen (secondary N) is 2. The van der Waals surface area contributed by atoms with Crippen molar-refractivity contribution in [2.75, 3.05) is 0 Å². The number of carbonyl (C=O) groups excluding carboxylic acids is 1. The van der Waals surface area contributed by atoms with Gasteiger partial charge in [-0.1, -0.05) is 24.3 Å². The Hall–Kier alpha value is -3.02. The normalized spacial score (nSPS) is 10.4. The molecular formula is C17H18N4O2. The van der Waals surface area contributed by atoms with E-state index in [4.69, 9.17) is 4.42 Å². The number of imidazole rings is 1. The van der Waals surface area contributed by atoms with Crippen LogP contribution >= 0.6 is 0 Å². The first kappa shape index (κ1) is 14.9. The van der Waals surface area contributed by atoms with Crippen LogP contribution in [0.1, 0.15) is 16.9 Å². The fourth-order valence-corrected chi connectivity index (χ4v) is 2.25. The number of aromatic nitrogens is 2. The average Bonchev–Trinajstić information content (AvgIpc) is 3.25. The molecule has 0 spiro atoms. The molecule has 23 heavy (non-hydrogen) atoms. The molecule has 1 aromatic carbocycles. The number of furan rings is 1. The molecule has 3 rings (SSSR count). The molecule has 0 radical (unpaired) electrons. The molecule has 0 saturated heterocycles. The second-order valence-corrected chi connectivity index (χ2v) is 5.17. The summed E-state index contributed by atoms with van der Waals surface area (Å²) in [5, 5.41) is 5.59. The number of hydrogen-bond donors (Lipinski definition) is 2. The van der Waals surface area contributed by atoms with Crippen molar-refractivity contribution in [1.82, 2.24) is 20.2 Å². The SMILES string of the molecule is O=C(NCc1cccc(Cn2ccnc2)c1)NCc1ccco1. The van der Waals surface area contributed by atoms with Crippen LogP contribution in [0.2, 0.25) is 0 Å². The minimum atomic E-state index is -0.221. The maximum absolute atomic E-state index is 11.8. The molecule has 6 nitrogen and oxygen atoms in total. The molecule has 0 aliphatic carbocycles. The summed E-state index contributed by atoms with van der Waals surface area (Å²) in [6, 6.07) is 11.5. The van der Waals surface area contributed by atoms with Crippen LogP contribution in [0, 0.1) is 0 Å². The van der Waals surface area contributed by atoms with Gasteiger partial charge in [0.25, 0.3) is 0 Å². The fourth-order valence-electron chi connectivity index (χ4n) is 2.25. The molecule has 0 aliphatic rings. The summed E-state index contributed by atoms with van der Waals surface area (Å²) in [5.74, 6) is 0.725. The number of nitrogens with zero attached hydrogens (tertiary/aromatic N) is 2. The molecule has 0 saturated carbocycles. The van der Waals surface area contributed by atoms with Gasteiger partial charge in [0.2, 0.25) is 0 Å². The van der Waals surface area contributed by atoms with Crippen LogP contribution in [0.4, 0.5) is 4.79 Å². The maximum atomic E-state index is 11.8. The number of hydrogen-bond acceptors (Lipinski definition) is 3. The average molecular weight is 310 g/mol. The van der Waals surface area contributed by atoms with E-state index < -0.39 is 0 Å². The van der Waals surface area contributed by atoms with Gasteiger partial charge in [-0.05, 0) is 23.3 Å². The zero-order valence-corrected chi connectivity index (χ0v) is 12.6. The third-order valence-electron chi connectivity index (χ3n) is 3.37. The van der Waals surface area contributed by atoms with Crippen LogP contribution in [0.5, 0.6) is 0 Å². The minimum absolute atomic E-state index is 0.221. The Morgan fingerprint density at radius 2 is 2.00 bits per heavy atom.